The summed E-state index contributed by atoms with van der Waals surface area (Å²) in [4.78, 5) is 4.94. The van der Waals surface area contributed by atoms with E-state index in [1.165, 1.54) is 203 Å². The third-order valence-electron chi connectivity index (χ3n) is 32.3. The maximum atomic E-state index is 2.55. The molecule has 0 atom stereocenters. The molecule has 0 radical (unpaired) electrons. The van der Waals surface area contributed by atoms with Crippen molar-refractivity contribution in [1.82, 2.24) is 0 Å². The van der Waals surface area contributed by atoms with Crippen molar-refractivity contribution in [1.29, 1.82) is 0 Å². The average Bonchev–Trinajstić information content (AvgIpc) is 1.44. The highest BCUT2D eigenvalue weighted by Gasteiger charge is 2.63. The second-order valence-electron chi connectivity index (χ2n) is 39.1. The van der Waals surface area contributed by atoms with Gasteiger partial charge in [-0.25, -0.2) is 0 Å². The monoisotopic (exact) mass is 1570 g/mol. The molecule has 590 valence electrons. The first-order valence-electron chi connectivity index (χ1n) is 45.5. The van der Waals surface area contributed by atoms with Gasteiger partial charge < -0.3 is 9.80 Å². The summed E-state index contributed by atoms with van der Waals surface area (Å²) in [6.07, 6.45) is 14.3. The molecule has 16 aromatic rings. The molecule has 8 saturated carbocycles. The molecule has 12 aliphatic rings. The molecule has 0 N–H and O–H groups in total. The van der Waals surface area contributed by atoms with Crippen LogP contribution in [0.15, 0.2) is 364 Å². The van der Waals surface area contributed by atoms with Gasteiger partial charge in [0.2, 0.25) is 0 Å². The minimum Gasteiger partial charge on any atom is -0.310 e. The van der Waals surface area contributed by atoms with E-state index in [1.54, 1.807) is 22.3 Å². The molecule has 28 rings (SSSR count). The molecule has 0 aliphatic heterocycles. The quantitative estimate of drug-likeness (QED) is 0.127. The summed E-state index contributed by atoms with van der Waals surface area (Å²) < 4.78 is 0. The zero-order chi connectivity index (χ0) is 80.9. The summed E-state index contributed by atoms with van der Waals surface area (Å²) in [7, 11) is 0. The molecule has 8 bridgehead atoms. The lowest BCUT2D eigenvalue weighted by molar-refractivity contribution is -0.0399. The molecular formula is C120H100N2. The predicted molar refractivity (Wildman–Crippen MR) is 509 cm³/mol. The number of benzene rings is 16. The van der Waals surface area contributed by atoms with Crippen molar-refractivity contribution >= 4 is 44.9 Å². The number of hydrogen-bond acceptors (Lipinski definition) is 2. The van der Waals surface area contributed by atoms with Crippen molar-refractivity contribution in [3.8, 4) is 100 Å². The Kier molecular flexibility index (Phi) is 16.2. The topological polar surface area (TPSA) is 6.48 Å². The van der Waals surface area contributed by atoms with Crippen LogP contribution < -0.4 is 9.80 Å². The zero-order valence-corrected chi connectivity index (χ0v) is 70.2. The lowest BCUT2D eigenvalue weighted by atomic mass is 9.43. The largest absolute Gasteiger partial charge is 0.310 e. The van der Waals surface area contributed by atoms with Gasteiger partial charge in [0.15, 0.2) is 0 Å². The first-order valence-corrected chi connectivity index (χ1v) is 45.5. The minimum atomic E-state index is -0.113. The Morgan fingerprint density at radius 1 is 0.189 bits per heavy atom. The van der Waals surface area contributed by atoms with E-state index in [2.05, 4.69) is 401 Å². The number of hydrogen-bond donors (Lipinski definition) is 0. The van der Waals surface area contributed by atoms with E-state index in [0.29, 0.717) is 0 Å². The molecule has 2 spiro atoms. The van der Waals surface area contributed by atoms with Crippen LogP contribution in [0.1, 0.15) is 136 Å². The van der Waals surface area contributed by atoms with Gasteiger partial charge in [-0.3, -0.25) is 0 Å². The molecule has 0 saturated heterocycles. The van der Waals surface area contributed by atoms with Crippen LogP contribution in [0.5, 0.6) is 0 Å². The van der Waals surface area contributed by atoms with Gasteiger partial charge in [0.1, 0.15) is 0 Å². The third-order valence-corrected chi connectivity index (χ3v) is 32.3. The number of fused-ring (bicyclic) bond motifs is 13. The molecule has 0 aromatic heterocycles. The van der Waals surface area contributed by atoms with Gasteiger partial charge in [-0.1, -0.05) is 301 Å². The predicted octanol–water partition coefficient (Wildman–Crippen LogP) is 31.9. The first kappa shape index (κ1) is 72.2. The smallest absolute Gasteiger partial charge is 0.0540 e. The third kappa shape index (κ3) is 10.9. The van der Waals surface area contributed by atoms with Crippen molar-refractivity contribution in [3.63, 3.8) is 0 Å². The standard InChI is InChI=1S/C61H51N.C59H49N/c1-60(2)55-19-11-9-17-50(55)52-28-27-49(38-58(52)60)62(59-30-24-45(41-13-5-3-6-14-41)36-53(59)43-15-7-4-8-16-43)48-25-21-42(22-26-48)44-23-29-57-54(37-44)51-18-10-12-20-56(51)61(57)46-32-39-31-40(34-46)35-47(61)33-39;1-58(2)54-13-7-5-11-50(54)52-27-26-49(36-57(52)58)60(47-22-17-40(18-23-47)43-16-15-39-9-3-4-10-42(39)34-43)48-24-19-41(20-25-48)44-21-28-56-53(35-44)51-12-6-8-14-55(51)59(56)45-30-37-29-38(32-45)33-46(59)31-37/h3-30,36-40,46-47H,31-35H2,1-2H3;3-28,34-38,45-46H,29-33H2,1-2H3. The Labute approximate surface area is 719 Å². The molecule has 0 amide bonds. The van der Waals surface area contributed by atoms with Gasteiger partial charge in [-0.15, -0.1) is 0 Å². The van der Waals surface area contributed by atoms with E-state index in [4.69, 9.17) is 0 Å². The van der Waals surface area contributed by atoms with Crippen molar-refractivity contribution in [2.24, 2.45) is 47.3 Å². The van der Waals surface area contributed by atoms with Gasteiger partial charge in [0.25, 0.3) is 0 Å². The molecule has 8 fully saturated rings. The van der Waals surface area contributed by atoms with Crippen molar-refractivity contribution < 1.29 is 0 Å². The molecule has 122 heavy (non-hydrogen) atoms. The van der Waals surface area contributed by atoms with Gasteiger partial charge in [0.05, 0.1) is 5.69 Å². The van der Waals surface area contributed by atoms with Crippen molar-refractivity contribution in [2.75, 3.05) is 9.80 Å². The lowest BCUT2D eigenvalue weighted by Gasteiger charge is -2.61. The Balaban J connectivity index is 0.000000134. The molecule has 16 aromatic carbocycles. The van der Waals surface area contributed by atoms with Crippen molar-refractivity contribution in [3.05, 3.63) is 408 Å². The first-order chi connectivity index (χ1) is 59.9. The lowest BCUT2D eigenvalue weighted by Crippen LogP contribution is -2.55. The van der Waals surface area contributed by atoms with E-state index < -0.39 is 0 Å². The highest BCUT2D eigenvalue weighted by Crippen LogP contribution is 2.72. The van der Waals surface area contributed by atoms with E-state index in [0.717, 1.165) is 75.8 Å². The Morgan fingerprint density at radius 2 is 0.492 bits per heavy atom. The summed E-state index contributed by atoms with van der Waals surface area (Å²) in [5.74, 6) is 6.92. The van der Waals surface area contributed by atoms with Crippen LogP contribution in [0.2, 0.25) is 0 Å². The maximum Gasteiger partial charge on any atom is 0.0540 e. The van der Waals surface area contributed by atoms with Crippen LogP contribution in [0.4, 0.5) is 34.1 Å². The van der Waals surface area contributed by atoms with E-state index in [1.807, 2.05) is 0 Å². The molecule has 0 heterocycles. The summed E-state index contributed by atoms with van der Waals surface area (Å²) in [6, 6.07) is 138. The number of anilines is 6. The van der Waals surface area contributed by atoms with Crippen LogP contribution in [-0.4, -0.2) is 0 Å². The molecule has 12 aliphatic carbocycles. The minimum absolute atomic E-state index is 0.0845. The van der Waals surface area contributed by atoms with Crippen LogP contribution in [-0.2, 0) is 21.7 Å². The summed E-state index contributed by atoms with van der Waals surface area (Å²) >= 11 is 0. The zero-order valence-electron chi connectivity index (χ0n) is 70.2. The Morgan fingerprint density at radius 3 is 0.943 bits per heavy atom. The maximum absolute atomic E-state index is 2.55. The second-order valence-corrected chi connectivity index (χ2v) is 39.1. The molecule has 2 heteroatoms. The summed E-state index contributed by atoms with van der Waals surface area (Å²) in [5, 5.41) is 2.54. The fourth-order valence-corrected chi connectivity index (χ4v) is 27.4. The Hall–Kier alpha value is -12.6. The summed E-state index contributed by atoms with van der Waals surface area (Å²) in [5.41, 5.74) is 42.9. The van der Waals surface area contributed by atoms with Gasteiger partial charge in [0, 0.05) is 55.7 Å². The normalized spacial score (nSPS) is 23.1. The van der Waals surface area contributed by atoms with Gasteiger partial charge in [-0.05, 0) is 352 Å². The van der Waals surface area contributed by atoms with E-state index in [9.17, 15) is 0 Å². The van der Waals surface area contributed by atoms with E-state index >= 15 is 0 Å². The highest BCUT2D eigenvalue weighted by atomic mass is 15.1. The van der Waals surface area contributed by atoms with Crippen LogP contribution in [0.3, 0.4) is 0 Å². The molecule has 2 nitrogen and oxygen atoms in total. The average molecular weight is 1570 g/mol. The molecule has 0 unspecified atom stereocenters. The fraction of sp³-hybridized carbons (Fsp3) is 0.217. The van der Waals surface area contributed by atoms with Crippen molar-refractivity contribution in [2.45, 2.75) is 114 Å². The Bertz CT molecular complexity index is 6840. The SMILES string of the molecule is CC1(C)c2ccccc2-c2ccc(N(c3ccc(-c4ccc5c(c4)-c4ccccc4C54C5CC6CC(C5)CC4C6)cc3)c3ccc(-c4ccc5ccccc5c4)cc3)cc21.CC1(C)c2ccccc2-c2ccc(N(c3ccc(-c4ccc5c(c4)-c4ccccc4C54C5CC6CC(C5)CC4C6)cc3)c3ccc(-c4ccccc4)cc3-c3ccccc3)cc21. The van der Waals surface area contributed by atoms with Gasteiger partial charge in [-0.2, -0.15) is 0 Å². The molecular weight excluding hydrogens is 1470 g/mol. The number of nitrogens with zero attached hydrogens (tertiary/aromatic N) is 2. The van der Waals surface area contributed by atoms with E-state index in [-0.39, 0.29) is 21.7 Å². The van der Waals surface area contributed by atoms with Crippen LogP contribution in [0, 0.1) is 47.3 Å². The highest BCUT2D eigenvalue weighted by molar-refractivity contribution is 5.96. The van der Waals surface area contributed by atoms with Gasteiger partial charge >= 0.3 is 0 Å². The fourth-order valence-electron chi connectivity index (χ4n) is 27.4. The summed E-state index contributed by atoms with van der Waals surface area (Å²) in [6.45, 7) is 9.51. The number of rotatable bonds is 11. The second kappa shape index (κ2) is 27.4. The van der Waals surface area contributed by atoms with Crippen LogP contribution in [0.25, 0.3) is 111 Å². The van der Waals surface area contributed by atoms with Crippen LogP contribution >= 0.6 is 0 Å².